The molecule has 2 nitrogen and oxygen atoms in total. The van der Waals surface area contributed by atoms with E-state index in [2.05, 4.69) is 45.9 Å². The van der Waals surface area contributed by atoms with Crippen molar-refractivity contribution in [1.29, 1.82) is 0 Å². The Morgan fingerprint density at radius 2 is 1.70 bits per heavy atom. The van der Waals surface area contributed by atoms with E-state index < -0.39 is 0 Å². The van der Waals surface area contributed by atoms with Gasteiger partial charge in [-0.15, -0.1) is 0 Å². The molecule has 2 atom stereocenters. The maximum atomic E-state index is 6.23. The zero-order chi connectivity index (χ0) is 15.0. The Balaban J connectivity index is 2.33. The molecule has 2 unspecified atom stereocenters. The molecule has 0 heterocycles. The molecule has 114 valence electrons. The van der Waals surface area contributed by atoms with Gasteiger partial charge in [-0.3, -0.25) is 0 Å². The summed E-state index contributed by atoms with van der Waals surface area (Å²) in [6.45, 7) is 9.22. The van der Waals surface area contributed by atoms with Crippen LogP contribution in [0.2, 0.25) is 0 Å². The van der Waals surface area contributed by atoms with Gasteiger partial charge in [0.25, 0.3) is 0 Å². The second kappa shape index (κ2) is 9.15. The fourth-order valence-corrected chi connectivity index (χ4v) is 2.53. The maximum absolute atomic E-state index is 6.23. The molecule has 0 aliphatic heterocycles. The van der Waals surface area contributed by atoms with Gasteiger partial charge in [0.2, 0.25) is 0 Å². The number of benzene rings is 1. The standard InChI is InChI=1S/C18H31NO/c1-5-6-7-8-9-16(4)20-13-18(19)17-11-14(2)10-15(3)12-17/h10-12,16,18H,5-9,13,19H2,1-4H3. The Kier molecular flexibility index (Phi) is 7.86. The molecular weight excluding hydrogens is 246 g/mol. The summed E-state index contributed by atoms with van der Waals surface area (Å²) < 4.78 is 5.89. The van der Waals surface area contributed by atoms with Gasteiger partial charge in [-0.2, -0.15) is 0 Å². The summed E-state index contributed by atoms with van der Waals surface area (Å²) in [5.74, 6) is 0. The summed E-state index contributed by atoms with van der Waals surface area (Å²) in [4.78, 5) is 0. The molecule has 1 rings (SSSR count). The average molecular weight is 277 g/mol. The lowest BCUT2D eigenvalue weighted by atomic mass is 10.0. The topological polar surface area (TPSA) is 35.2 Å². The van der Waals surface area contributed by atoms with Crippen molar-refractivity contribution in [1.82, 2.24) is 0 Å². The van der Waals surface area contributed by atoms with E-state index in [1.165, 1.54) is 42.4 Å². The molecule has 2 heteroatoms. The highest BCUT2D eigenvalue weighted by Crippen LogP contribution is 2.17. The van der Waals surface area contributed by atoms with E-state index in [-0.39, 0.29) is 6.04 Å². The summed E-state index contributed by atoms with van der Waals surface area (Å²) in [7, 11) is 0. The third-order valence-electron chi connectivity index (χ3n) is 3.70. The molecular formula is C18H31NO. The molecule has 0 amide bonds. The zero-order valence-electron chi connectivity index (χ0n) is 13.6. The lowest BCUT2D eigenvalue weighted by molar-refractivity contribution is 0.0490. The van der Waals surface area contributed by atoms with Crippen LogP contribution in [0.1, 0.15) is 68.7 Å². The summed E-state index contributed by atoms with van der Waals surface area (Å²) >= 11 is 0. The van der Waals surface area contributed by atoms with Crippen molar-refractivity contribution in [3.05, 3.63) is 34.9 Å². The van der Waals surface area contributed by atoms with Crippen LogP contribution in [0.4, 0.5) is 0 Å². The molecule has 0 radical (unpaired) electrons. The van der Waals surface area contributed by atoms with Crippen LogP contribution in [-0.4, -0.2) is 12.7 Å². The van der Waals surface area contributed by atoms with Crippen molar-refractivity contribution < 1.29 is 4.74 Å². The summed E-state index contributed by atoms with van der Waals surface area (Å²) in [5, 5.41) is 0. The Bertz CT molecular complexity index is 369. The van der Waals surface area contributed by atoms with E-state index in [0.29, 0.717) is 12.7 Å². The number of aryl methyl sites for hydroxylation is 2. The van der Waals surface area contributed by atoms with Crippen LogP contribution in [0.5, 0.6) is 0 Å². The van der Waals surface area contributed by atoms with Gasteiger partial charge in [0, 0.05) is 0 Å². The Morgan fingerprint density at radius 3 is 2.30 bits per heavy atom. The van der Waals surface area contributed by atoms with Gasteiger partial charge in [0.05, 0.1) is 18.8 Å². The molecule has 1 aromatic rings. The molecule has 1 aromatic carbocycles. The fraction of sp³-hybridized carbons (Fsp3) is 0.667. The summed E-state index contributed by atoms with van der Waals surface area (Å²) in [5.41, 5.74) is 9.95. The normalized spacial score (nSPS) is 14.2. The van der Waals surface area contributed by atoms with Gasteiger partial charge in [0.1, 0.15) is 0 Å². The highest BCUT2D eigenvalue weighted by atomic mass is 16.5. The van der Waals surface area contributed by atoms with Crippen molar-refractivity contribution in [3.63, 3.8) is 0 Å². The minimum Gasteiger partial charge on any atom is -0.377 e. The highest BCUT2D eigenvalue weighted by Gasteiger charge is 2.10. The first-order valence-corrected chi connectivity index (χ1v) is 7.98. The van der Waals surface area contributed by atoms with Crippen LogP contribution >= 0.6 is 0 Å². The lowest BCUT2D eigenvalue weighted by Gasteiger charge is -2.18. The van der Waals surface area contributed by atoms with Gasteiger partial charge in [-0.25, -0.2) is 0 Å². The fourth-order valence-electron chi connectivity index (χ4n) is 2.53. The summed E-state index contributed by atoms with van der Waals surface area (Å²) in [6.07, 6.45) is 6.63. The van der Waals surface area contributed by atoms with E-state index in [4.69, 9.17) is 10.5 Å². The Labute approximate surface area is 124 Å². The molecule has 0 saturated carbocycles. The van der Waals surface area contributed by atoms with E-state index in [9.17, 15) is 0 Å². The molecule has 0 aliphatic carbocycles. The van der Waals surface area contributed by atoms with Crippen LogP contribution in [0.25, 0.3) is 0 Å². The SMILES string of the molecule is CCCCCCC(C)OCC(N)c1cc(C)cc(C)c1. The smallest absolute Gasteiger partial charge is 0.0662 e. The number of ether oxygens (including phenoxy) is 1. The van der Waals surface area contributed by atoms with Gasteiger partial charge < -0.3 is 10.5 Å². The minimum absolute atomic E-state index is 0.0216. The van der Waals surface area contributed by atoms with E-state index >= 15 is 0 Å². The molecule has 0 bridgehead atoms. The highest BCUT2D eigenvalue weighted by molar-refractivity contribution is 5.30. The van der Waals surface area contributed by atoms with Gasteiger partial charge in [-0.1, -0.05) is 61.9 Å². The third kappa shape index (κ3) is 6.53. The van der Waals surface area contributed by atoms with Gasteiger partial charge in [-0.05, 0) is 32.8 Å². The van der Waals surface area contributed by atoms with E-state index in [1.807, 2.05) is 0 Å². The predicted molar refractivity (Wildman–Crippen MR) is 87.0 cm³/mol. The molecule has 0 aromatic heterocycles. The van der Waals surface area contributed by atoms with Crippen LogP contribution in [0.15, 0.2) is 18.2 Å². The maximum Gasteiger partial charge on any atom is 0.0662 e. The number of unbranched alkanes of at least 4 members (excludes halogenated alkanes) is 3. The lowest BCUT2D eigenvalue weighted by Crippen LogP contribution is -2.21. The third-order valence-corrected chi connectivity index (χ3v) is 3.70. The summed E-state index contributed by atoms with van der Waals surface area (Å²) in [6, 6.07) is 6.47. The zero-order valence-corrected chi connectivity index (χ0v) is 13.6. The van der Waals surface area contributed by atoms with Gasteiger partial charge in [0.15, 0.2) is 0 Å². The van der Waals surface area contributed by atoms with Crippen molar-refractivity contribution in [2.75, 3.05) is 6.61 Å². The Morgan fingerprint density at radius 1 is 1.05 bits per heavy atom. The number of rotatable bonds is 9. The quantitative estimate of drug-likeness (QED) is 0.665. The largest absolute Gasteiger partial charge is 0.377 e. The van der Waals surface area contributed by atoms with Crippen LogP contribution in [0, 0.1) is 13.8 Å². The van der Waals surface area contributed by atoms with Crippen molar-refractivity contribution >= 4 is 0 Å². The first-order valence-electron chi connectivity index (χ1n) is 7.98. The first-order chi connectivity index (χ1) is 9.52. The number of nitrogens with two attached hydrogens (primary N) is 1. The molecule has 20 heavy (non-hydrogen) atoms. The predicted octanol–water partition coefficient (Wildman–Crippen LogP) is 4.68. The van der Waals surface area contributed by atoms with E-state index in [1.54, 1.807) is 0 Å². The number of hydrogen-bond donors (Lipinski definition) is 1. The molecule has 0 saturated heterocycles. The van der Waals surface area contributed by atoms with Crippen LogP contribution in [-0.2, 0) is 4.74 Å². The molecule has 0 spiro atoms. The molecule has 0 aliphatic rings. The van der Waals surface area contributed by atoms with Crippen LogP contribution < -0.4 is 5.73 Å². The minimum atomic E-state index is -0.0216. The molecule has 2 N–H and O–H groups in total. The van der Waals surface area contributed by atoms with Crippen LogP contribution in [0.3, 0.4) is 0 Å². The average Bonchev–Trinajstić information content (AvgIpc) is 2.40. The van der Waals surface area contributed by atoms with Crippen molar-refractivity contribution in [3.8, 4) is 0 Å². The van der Waals surface area contributed by atoms with Crippen molar-refractivity contribution in [2.45, 2.75) is 71.9 Å². The first kappa shape index (κ1) is 17.2. The van der Waals surface area contributed by atoms with Gasteiger partial charge >= 0.3 is 0 Å². The number of hydrogen-bond acceptors (Lipinski definition) is 2. The monoisotopic (exact) mass is 277 g/mol. The van der Waals surface area contributed by atoms with E-state index in [0.717, 1.165) is 6.42 Å². The van der Waals surface area contributed by atoms with Crippen molar-refractivity contribution in [2.24, 2.45) is 5.73 Å². The molecule has 0 fully saturated rings. The second-order valence-electron chi connectivity index (χ2n) is 6.02. The second-order valence-corrected chi connectivity index (χ2v) is 6.02. The Hall–Kier alpha value is -0.860.